The lowest BCUT2D eigenvalue weighted by molar-refractivity contribution is -0.131. The first kappa shape index (κ1) is 22.1. The maximum atomic E-state index is 10.9. The Morgan fingerprint density at radius 3 is 2.62 bits per heavy atom. The molecule has 2 aromatic carbocycles. The van der Waals surface area contributed by atoms with Crippen molar-refractivity contribution in [2.24, 2.45) is 4.99 Å². The number of ether oxygens (including phenoxy) is 2. The van der Waals surface area contributed by atoms with Crippen molar-refractivity contribution < 1.29 is 19.4 Å². The van der Waals surface area contributed by atoms with Gasteiger partial charge in [-0.3, -0.25) is 4.99 Å². The standard InChI is InChI=1S/C27H31NO4/c1-7-31-21-13-19-14-26(3,4)28-24(23(19)20-15-27(5,6)32-25(20)21)18-9-8-17(16(2)12-18)10-11-22(29)30/h8-13H,7,14-15H2,1-6H3,(H,29,30)/b11-10+. The van der Waals surface area contributed by atoms with Crippen molar-refractivity contribution in [3.8, 4) is 11.5 Å². The summed E-state index contributed by atoms with van der Waals surface area (Å²) < 4.78 is 12.3. The fraction of sp³-hybridized carbons (Fsp3) is 0.407. The van der Waals surface area contributed by atoms with Gasteiger partial charge in [-0.05, 0) is 82.9 Å². The normalized spacial score (nSPS) is 18.0. The highest BCUT2D eigenvalue weighted by atomic mass is 16.5. The predicted molar refractivity (Wildman–Crippen MR) is 127 cm³/mol. The Bertz CT molecular complexity index is 1150. The van der Waals surface area contributed by atoms with Gasteiger partial charge < -0.3 is 14.6 Å². The summed E-state index contributed by atoms with van der Waals surface area (Å²) in [5.74, 6) is 0.694. The van der Waals surface area contributed by atoms with E-state index in [2.05, 4.69) is 39.8 Å². The lowest BCUT2D eigenvalue weighted by Crippen LogP contribution is -2.30. The molecule has 0 aliphatic carbocycles. The summed E-state index contributed by atoms with van der Waals surface area (Å²) in [4.78, 5) is 16.1. The molecular weight excluding hydrogens is 402 g/mol. The molecule has 0 spiro atoms. The minimum absolute atomic E-state index is 0.245. The first-order valence-corrected chi connectivity index (χ1v) is 11.1. The van der Waals surface area contributed by atoms with E-state index in [1.807, 2.05) is 26.0 Å². The molecule has 0 amide bonds. The third-order valence-electron chi connectivity index (χ3n) is 5.93. The van der Waals surface area contributed by atoms with Crippen LogP contribution in [0.4, 0.5) is 0 Å². The molecule has 5 nitrogen and oxygen atoms in total. The highest BCUT2D eigenvalue weighted by Crippen LogP contribution is 2.48. The number of nitrogens with zero attached hydrogens (tertiary/aromatic N) is 1. The third-order valence-corrected chi connectivity index (χ3v) is 5.93. The van der Waals surface area contributed by atoms with Gasteiger partial charge in [-0.25, -0.2) is 4.79 Å². The van der Waals surface area contributed by atoms with E-state index >= 15 is 0 Å². The SMILES string of the molecule is CCOc1cc2c(c3c1OC(C)(C)C3)C(c1ccc(/C=C/C(=O)O)c(C)c1)=NC(C)(C)C2. The van der Waals surface area contributed by atoms with E-state index in [1.54, 1.807) is 6.08 Å². The minimum Gasteiger partial charge on any atom is -0.490 e. The molecular formula is C27H31NO4. The zero-order chi connectivity index (χ0) is 23.3. The van der Waals surface area contributed by atoms with Gasteiger partial charge in [-0.15, -0.1) is 0 Å². The second-order valence-corrected chi connectivity index (χ2v) is 9.88. The minimum atomic E-state index is -0.955. The van der Waals surface area contributed by atoms with Gasteiger partial charge in [-0.1, -0.05) is 12.1 Å². The highest BCUT2D eigenvalue weighted by molar-refractivity contribution is 6.16. The zero-order valence-electron chi connectivity index (χ0n) is 19.7. The van der Waals surface area contributed by atoms with E-state index in [1.165, 1.54) is 11.6 Å². The molecule has 0 atom stereocenters. The molecule has 2 aromatic rings. The van der Waals surface area contributed by atoms with Gasteiger partial charge in [0.05, 0.1) is 17.9 Å². The van der Waals surface area contributed by atoms with Crippen LogP contribution in [0.5, 0.6) is 11.5 Å². The van der Waals surface area contributed by atoms with Gasteiger partial charge in [-0.2, -0.15) is 0 Å². The van der Waals surface area contributed by atoms with Crippen molar-refractivity contribution in [2.45, 2.75) is 65.5 Å². The van der Waals surface area contributed by atoms with Crippen LogP contribution < -0.4 is 9.47 Å². The number of aliphatic imine (C=N–C) groups is 1. The largest absolute Gasteiger partial charge is 0.490 e. The second-order valence-electron chi connectivity index (χ2n) is 9.88. The molecule has 32 heavy (non-hydrogen) atoms. The molecule has 2 heterocycles. The van der Waals surface area contributed by atoms with Crippen LogP contribution >= 0.6 is 0 Å². The molecule has 0 radical (unpaired) electrons. The van der Waals surface area contributed by atoms with E-state index in [4.69, 9.17) is 19.6 Å². The molecule has 168 valence electrons. The summed E-state index contributed by atoms with van der Waals surface area (Å²) in [7, 11) is 0. The number of fused-ring (bicyclic) bond motifs is 3. The Hall–Kier alpha value is -3.08. The summed E-state index contributed by atoms with van der Waals surface area (Å²) >= 11 is 0. The fourth-order valence-electron chi connectivity index (χ4n) is 4.71. The van der Waals surface area contributed by atoms with Crippen LogP contribution in [0.25, 0.3) is 6.08 Å². The number of rotatable bonds is 5. The molecule has 0 saturated carbocycles. The van der Waals surface area contributed by atoms with E-state index in [0.717, 1.165) is 57.9 Å². The number of hydrogen-bond acceptors (Lipinski definition) is 4. The van der Waals surface area contributed by atoms with Crippen molar-refractivity contribution in [3.05, 3.63) is 63.7 Å². The van der Waals surface area contributed by atoms with Crippen LogP contribution in [0.2, 0.25) is 0 Å². The van der Waals surface area contributed by atoms with Crippen molar-refractivity contribution in [2.75, 3.05) is 6.61 Å². The summed E-state index contributed by atoms with van der Waals surface area (Å²) in [6.45, 7) is 13.1. The Balaban J connectivity index is 1.89. The van der Waals surface area contributed by atoms with Gasteiger partial charge in [0.2, 0.25) is 0 Å². The van der Waals surface area contributed by atoms with Gasteiger partial charge >= 0.3 is 5.97 Å². The summed E-state index contributed by atoms with van der Waals surface area (Å²) in [6, 6.07) is 8.22. The highest BCUT2D eigenvalue weighted by Gasteiger charge is 2.39. The molecule has 0 fully saturated rings. The van der Waals surface area contributed by atoms with Crippen molar-refractivity contribution in [3.63, 3.8) is 0 Å². The Morgan fingerprint density at radius 1 is 1.22 bits per heavy atom. The smallest absolute Gasteiger partial charge is 0.328 e. The van der Waals surface area contributed by atoms with Crippen LogP contribution in [0.1, 0.15) is 68.0 Å². The molecule has 4 rings (SSSR count). The van der Waals surface area contributed by atoms with Crippen molar-refractivity contribution in [1.82, 2.24) is 0 Å². The number of benzene rings is 2. The fourth-order valence-corrected chi connectivity index (χ4v) is 4.71. The van der Waals surface area contributed by atoms with E-state index in [0.29, 0.717) is 6.61 Å². The predicted octanol–water partition coefficient (Wildman–Crippen LogP) is 5.38. The number of carbonyl (C=O) groups is 1. The van der Waals surface area contributed by atoms with Crippen LogP contribution in [-0.4, -0.2) is 34.5 Å². The van der Waals surface area contributed by atoms with Gasteiger partial charge in [0.15, 0.2) is 11.5 Å². The van der Waals surface area contributed by atoms with Crippen LogP contribution in [0.15, 0.2) is 35.3 Å². The number of carboxylic acids is 1. The van der Waals surface area contributed by atoms with E-state index in [-0.39, 0.29) is 11.1 Å². The molecule has 0 aromatic heterocycles. The third kappa shape index (κ3) is 4.16. The average Bonchev–Trinajstić information content (AvgIpc) is 3.01. The number of aliphatic carboxylic acids is 1. The Morgan fingerprint density at radius 2 is 1.97 bits per heavy atom. The van der Waals surface area contributed by atoms with Gasteiger partial charge in [0.25, 0.3) is 0 Å². The zero-order valence-corrected chi connectivity index (χ0v) is 19.7. The quantitative estimate of drug-likeness (QED) is 0.643. The first-order chi connectivity index (χ1) is 15.0. The van der Waals surface area contributed by atoms with Gasteiger partial charge in [0.1, 0.15) is 5.60 Å². The lowest BCUT2D eigenvalue weighted by atomic mass is 9.80. The van der Waals surface area contributed by atoms with Gasteiger partial charge in [0, 0.05) is 29.2 Å². The van der Waals surface area contributed by atoms with E-state index in [9.17, 15) is 4.79 Å². The maximum Gasteiger partial charge on any atom is 0.328 e. The Labute approximate surface area is 189 Å². The molecule has 0 unspecified atom stereocenters. The lowest BCUT2D eigenvalue weighted by Gasteiger charge is -2.31. The molecule has 1 N–H and O–H groups in total. The van der Waals surface area contributed by atoms with Crippen molar-refractivity contribution >= 4 is 17.8 Å². The van der Waals surface area contributed by atoms with Crippen LogP contribution in [-0.2, 0) is 17.6 Å². The summed E-state index contributed by atoms with van der Waals surface area (Å²) in [5, 5.41) is 8.96. The Kier molecular flexibility index (Phi) is 5.40. The summed E-state index contributed by atoms with van der Waals surface area (Å²) in [5.41, 5.74) is 6.89. The molecule has 0 saturated heterocycles. The average molecular weight is 434 g/mol. The molecule has 0 bridgehead atoms. The molecule has 2 aliphatic heterocycles. The second kappa shape index (κ2) is 7.80. The number of hydrogen-bond donors (Lipinski definition) is 1. The summed E-state index contributed by atoms with van der Waals surface area (Å²) in [6.07, 6.45) is 4.42. The maximum absolute atomic E-state index is 10.9. The monoisotopic (exact) mass is 433 g/mol. The topological polar surface area (TPSA) is 68.1 Å². The molecule has 5 heteroatoms. The number of carboxylic acid groups (broad SMARTS) is 1. The van der Waals surface area contributed by atoms with E-state index < -0.39 is 5.97 Å². The first-order valence-electron chi connectivity index (χ1n) is 11.1. The van der Waals surface area contributed by atoms with Crippen molar-refractivity contribution in [1.29, 1.82) is 0 Å². The molecule has 2 aliphatic rings. The number of aryl methyl sites for hydroxylation is 1. The van der Waals surface area contributed by atoms with Crippen LogP contribution in [0, 0.1) is 6.92 Å². The van der Waals surface area contributed by atoms with Crippen LogP contribution in [0.3, 0.4) is 0 Å².